The highest BCUT2D eigenvalue weighted by atomic mass is 35.5. The molecule has 0 unspecified atom stereocenters. The van der Waals surface area contributed by atoms with Crippen molar-refractivity contribution in [2.24, 2.45) is 7.05 Å². The van der Waals surface area contributed by atoms with Crippen molar-refractivity contribution < 1.29 is 9.90 Å². The summed E-state index contributed by atoms with van der Waals surface area (Å²) in [6.45, 7) is 0.139. The number of benzene rings is 2. The molecule has 128 valence electrons. The molecule has 0 spiro atoms. The van der Waals surface area contributed by atoms with Gasteiger partial charge in [0, 0.05) is 30.2 Å². The maximum absolute atomic E-state index is 12.7. The highest BCUT2D eigenvalue weighted by Crippen LogP contribution is 2.14. The monoisotopic (exact) mass is 356 g/mol. The summed E-state index contributed by atoms with van der Waals surface area (Å²) in [4.78, 5) is 25.1. The third kappa shape index (κ3) is 3.57. The number of aliphatic hydroxyl groups is 1. The Morgan fingerprint density at radius 3 is 2.52 bits per heavy atom. The van der Waals surface area contributed by atoms with Crippen molar-refractivity contribution in [3.63, 3.8) is 0 Å². The molecule has 1 amide bonds. The molecule has 3 aromatic rings. The largest absolute Gasteiger partial charge is 0.392 e. The lowest BCUT2D eigenvalue weighted by Crippen LogP contribution is -2.29. The topological polar surface area (TPSA) is 71.3 Å². The van der Waals surface area contributed by atoms with Gasteiger partial charge >= 0.3 is 0 Å². The fourth-order valence-corrected chi connectivity index (χ4v) is 2.81. The number of nitrogens with one attached hydrogen (secondary N) is 1. The first-order chi connectivity index (χ1) is 12.0. The van der Waals surface area contributed by atoms with Crippen LogP contribution >= 0.6 is 11.6 Å². The van der Waals surface area contributed by atoms with Crippen molar-refractivity contribution in [1.29, 1.82) is 0 Å². The number of rotatable bonds is 4. The first-order valence-corrected chi connectivity index (χ1v) is 8.13. The Labute approximate surface area is 149 Å². The fraction of sp³-hybridized carbons (Fsp3) is 0.158. The molecule has 25 heavy (non-hydrogen) atoms. The smallest absolute Gasteiger partial charge is 0.257 e. The molecule has 2 aromatic carbocycles. The summed E-state index contributed by atoms with van der Waals surface area (Å²) in [6.07, 6.45) is 1.53. The summed E-state index contributed by atoms with van der Waals surface area (Å²) in [6, 6.07) is 12.2. The van der Waals surface area contributed by atoms with Crippen molar-refractivity contribution in [3.8, 4) is 0 Å². The van der Waals surface area contributed by atoms with Gasteiger partial charge in [0.05, 0.1) is 12.1 Å². The Bertz CT molecular complexity index is 994. The number of halogens is 1. The van der Waals surface area contributed by atoms with Crippen LogP contribution in [0.2, 0.25) is 5.02 Å². The first-order valence-electron chi connectivity index (χ1n) is 7.75. The van der Waals surface area contributed by atoms with Gasteiger partial charge in [0.15, 0.2) is 0 Å². The molecule has 0 radical (unpaired) electrons. The molecule has 1 aromatic heterocycles. The van der Waals surface area contributed by atoms with E-state index in [1.165, 1.54) is 6.20 Å². The van der Waals surface area contributed by atoms with Crippen LogP contribution in [0.15, 0.2) is 53.5 Å². The highest BCUT2D eigenvalue weighted by Gasteiger charge is 2.14. The average Bonchev–Trinajstić information content (AvgIpc) is 2.63. The van der Waals surface area contributed by atoms with Crippen molar-refractivity contribution in [1.82, 2.24) is 9.88 Å². The second kappa shape index (κ2) is 7.09. The van der Waals surface area contributed by atoms with E-state index in [-0.39, 0.29) is 17.6 Å². The molecular weight excluding hydrogens is 340 g/mol. The van der Waals surface area contributed by atoms with Crippen LogP contribution in [0.3, 0.4) is 0 Å². The Kier molecular flexibility index (Phi) is 4.88. The Morgan fingerprint density at radius 2 is 1.84 bits per heavy atom. The fourth-order valence-electron chi connectivity index (χ4n) is 2.68. The number of hydrogen-bond donors (Lipinski definition) is 2. The quantitative estimate of drug-likeness (QED) is 0.754. The van der Waals surface area contributed by atoms with Crippen LogP contribution in [0.4, 0.5) is 0 Å². The van der Waals surface area contributed by atoms with Gasteiger partial charge in [-0.25, -0.2) is 0 Å². The normalized spacial score (nSPS) is 10.8. The highest BCUT2D eigenvalue weighted by molar-refractivity contribution is 6.30. The van der Waals surface area contributed by atoms with Gasteiger partial charge in [-0.3, -0.25) is 9.59 Å². The van der Waals surface area contributed by atoms with Crippen LogP contribution in [-0.2, 0) is 20.2 Å². The summed E-state index contributed by atoms with van der Waals surface area (Å²) in [5, 5.41) is 13.1. The van der Waals surface area contributed by atoms with E-state index in [1.807, 2.05) is 12.1 Å². The molecular formula is C19H17ClN2O3. The minimum Gasteiger partial charge on any atom is -0.392 e. The van der Waals surface area contributed by atoms with Crippen LogP contribution in [0, 0.1) is 0 Å². The predicted octanol–water partition coefficient (Wildman–Crippen LogP) is 2.61. The zero-order valence-corrected chi connectivity index (χ0v) is 14.4. The third-order valence-electron chi connectivity index (χ3n) is 4.05. The van der Waals surface area contributed by atoms with Gasteiger partial charge in [0.1, 0.15) is 5.56 Å². The number of fused-ring (bicyclic) bond motifs is 1. The number of carbonyl (C=O) groups is 1. The van der Waals surface area contributed by atoms with Gasteiger partial charge in [-0.2, -0.15) is 0 Å². The van der Waals surface area contributed by atoms with Crippen LogP contribution in [0.5, 0.6) is 0 Å². The molecule has 5 nitrogen and oxygen atoms in total. The third-order valence-corrected chi connectivity index (χ3v) is 4.30. The van der Waals surface area contributed by atoms with E-state index < -0.39 is 5.91 Å². The number of aliphatic hydroxyl groups excluding tert-OH is 1. The van der Waals surface area contributed by atoms with E-state index in [1.54, 1.807) is 41.9 Å². The van der Waals surface area contributed by atoms with Crippen molar-refractivity contribution >= 4 is 28.4 Å². The molecule has 0 fully saturated rings. The van der Waals surface area contributed by atoms with E-state index in [0.717, 1.165) is 5.56 Å². The van der Waals surface area contributed by atoms with Crippen LogP contribution in [0.1, 0.15) is 21.5 Å². The van der Waals surface area contributed by atoms with Gasteiger partial charge in [0.25, 0.3) is 5.91 Å². The average molecular weight is 357 g/mol. The minimum absolute atomic E-state index is 0.0686. The van der Waals surface area contributed by atoms with Crippen LogP contribution < -0.4 is 10.7 Å². The molecule has 0 aliphatic heterocycles. The molecule has 6 heteroatoms. The van der Waals surface area contributed by atoms with Crippen LogP contribution in [0.25, 0.3) is 10.9 Å². The summed E-state index contributed by atoms with van der Waals surface area (Å²) in [5.41, 5.74) is 1.94. The van der Waals surface area contributed by atoms with Crippen LogP contribution in [-0.4, -0.2) is 15.6 Å². The van der Waals surface area contributed by atoms with Crippen molar-refractivity contribution in [2.45, 2.75) is 13.2 Å². The zero-order valence-electron chi connectivity index (χ0n) is 13.6. The molecule has 0 bridgehead atoms. The summed E-state index contributed by atoms with van der Waals surface area (Å²) < 4.78 is 1.73. The van der Waals surface area contributed by atoms with E-state index in [0.29, 0.717) is 28.0 Å². The number of carbonyl (C=O) groups excluding carboxylic acids is 1. The molecule has 3 rings (SSSR count). The Morgan fingerprint density at radius 1 is 1.16 bits per heavy atom. The molecule has 1 heterocycles. The number of amides is 1. The SMILES string of the molecule is Cn1cc(C(=O)NCc2ccc(Cl)cc2)c(=O)c2cc(CO)ccc21. The Balaban J connectivity index is 1.91. The first kappa shape index (κ1) is 17.2. The van der Waals surface area contributed by atoms with Gasteiger partial charge in [-0.15, -0.1) is 0 Å². The summed E-state index contributed by atoms with van der Waals surface area (Å²) in [5.74, 6) is -0.438. The number of aryl methyl sites for hydroxylation is 1. The lowest BCUT2D eigenvalue weighted by Gasteiger charge is -2.10. The number of hydrogen-bond acceptors (Lipinski definition) is 3. The molecule has 0 saturated heterocycles. The zero-order chi connectivity index (χ0) is 18.0. The lowest BCUT2D eigenvalue weighted by molar-refractivity contribution is 0.0949. The van der Waals surface area contributed by atoms with E-state index in [4.69, 9.17) is 11.6 Å². The minimum atomic E-state index is -0.438. The molecule has 2 N–H and O–H groups in total. The predicted molar refractivity (Wildman–Crippen MR) is 97.7 cm³/mol. The summed E-state index contributed by atoms with van der Waals surface area (Å²) >= 11 is 5.84. The maximum Gasteiger partial charge on any atom is 0.257 e. The number of aromatic nitrogens is 1. The van der Waals surface area contributed by atoms with E-state index in [2.05, 4.69) is 5.32 Å². The number of pyridine rings is 1. The summed E-state index contributed by atoms with van der Waals surface area (Å²) in [7, 11) is 1.77. The van der Waals surface area contributed by atoms with Gasteiger partial charge in [-0.05, 0) is 35.4 Å². The Hall–Kier alpha value is -2.63. The molecule has 0 saturated carbocycles. The maximum atomic E-state index is 12.7. The molecule has 0 aliphatic carbocycles. The lowest BCUT2D eigenvalue weighted by atomic mass is 10.1. The molecule has 0 atom stereocenters. The second-order valence-electron chi connectivity index (χ2n) is 5.80. The van der Waals surface area contributed by atoms with Crippen molar-refractivity contribution in [2.75, 3.05) is 0 Å². The van der Waals surface area contributed by atoms with Gasteiger partial charge in [0.2, 0.25) is 5.43 Å². The standard InChI is InChI=1S/C19H17ClN2O3/c1-22-10-16(18(24)15-8-13(11-23)4-7-17(15)22)19(25)21-9-12-2-5-14(20)6-3-12/h2-8,10,23H,9,11H2,1H3,(H,21,25). The van der Waals surface area contributed by atoms with Gasteiger partial charge in [-0.1, -0.05) is 29.8 Å². The van der Waals surface area contributed by atoms with Crippen molar-refractivity contribution in [3.05, 3.63) is 80.6 Å². The van der Waals surface area contributed by atoms with E-state index in [9.17, 15) is 14.7 Å². The number of nitrogens with zero attached hydrogens (tertiary/aromatic N) is 1. The second-order valence-corrected chi connectivity index (χ2v) is 6.24. The van der Waals surface area contributed by atoms with E-state index >= 15 is 0 Å². The molecule has 0 aliphatic rings. The van der Waals surface area contributed by atoms with Gasteiger partial charge < -0.3 is 15.0 Å².